The van der Waals surface area contributed by atoms with Crippen LogP contribution < -0.4 is 0 Å². The highest BCUT2D eigenvalue weighted by Gasteiger charge is 2.15. The summed E-state index contributed by atoms with van der Waals surface area (Å²) in [6, 6.07) is 23.6. The van der Waals surface area contributed by atoms with Gasteiger partial charge >= 0.3 is 0 Å². The predicted octanol–water partition coefficient (Wildman–Crippen LogP) is 6.58. The van der Waals surface area contributed by atoms with Crippen LogP contribution in [-0.4, -0.2) is 14.6 Å². The topological polar surface area (TPSA) is 30.2 Å². The molecule has 0 fully saturated rings. The van der Waals surface area contributed by atoms with Crippen molar-refractivity contribution in [3.05, 3.63) is 78.5 Å². The van der Waals surface area contributed by atoms with Gasteiger partial charge in [0.15, 0.2) is 0 Å². The maximum atomic E-state index is 4.81. The monoisotopic (exact) mass is 383 g/mol. The highest BCUT2D eigenvalue weighted by atomic mass is 32.1. The maximum Gasteiger partial charge on any atom is 0.213 e. The van der Waals surface area contributed by atoms with Crippen LogP contribution in [0.2, 0.25) is 0 Å². The van der Waals surface area contributed by atoms with Crippen molar-refractivity contribution in [2.24, 2.45) is 0 Å². The number of hydrogen-bond donors (Lipinski definition) is 0. The van der Waals surface area contributed by atoms with E-state index in [1.807, 2.05) is 10.7 Å². The second kappa shape index (κ2) is 6.28. The van der Waals surface area contributed by atoms with E-state index in [-0.39, 0.29) is 5.41 Å². The molecule has 0 spiro atoms. The summed E-state index contributed by atoms with van der Waals surface area (Å²) in [5.74, 6) is 0. The van der Waals surface area contributed by atoms with Crippen molar-refractivity contribution in [2.75, 3.05) is 0 Å². The Labute approximate surface area is 168 Å². The van der Waals surface area contributed by atoms with Crippen LogP contribution in [0.25, 0.3) is 37.6 Å². The smallest absolute Gasteiger partial charge is 0.213 e. The Morgan fingerprint density at radius 2 is 1.54 bits per heavy atom. The van der Waals surface area contributed by atoms with Gasteiger partial charge in [0.2, 0.25) is 4.96 Å². The van der Waals surface area contributed by atoms with Gasteiger partial charge in [-0.2, -0.15) is 5.10 Å². The second-order valence-electron chi connectivity index (χ2n) is 8.15. The first-order valence-corrected chi connectivity index (χ1v) is 10.3. The lowest BCUT2D eigenvalue weighted by molar-refractivity contribution is 0.590. The van der Waals surface area contributed by atoms with Gasteiger partial charge in [-0.05, 0) is 27.8 Å². The van der Waals surface area contributed by atoms with E-state index in [1.165, 1.54) is 16.3 Å². The van der Waals surface area contributed by atoms with Crippen molar-refractivity contribution < 1.29 is 0 Å². The third-order valence-corrected chi connectivity index (χ3v) is 6.06. The van der Waals surface area contributed by atoms with E-state index in [9.17, 15) is 0 Å². The van der Waals surface area contributed by atoms with E-state index in [0.717, 1.165) is 26.8 Å². The Balaban J connectivity index is 1.49. The first kappa shape index (κ1) is 17.1. The fraction of sp³-hybridized carbons (Fsp3) is 0.167. The van der Waals surface area contributed by atoms with Gasteiger partial charge in [-0.15, -0.1) is 0 Å². The van der Waals surface area contributed by atoms with Crippen LogP contribution in [0.1, 0.15) is 26.3 Å². The summed E-state index contributed by atoms with van der Waals surface area (Å²) < 4.78 is 1.89. The van der Waals surface area contributed by atoms with Gasteiger partial charge < -0.3 is 0 Å². The molecule has 0 unspecified atom stereocenters. The summed E-state index contributed by atoms with van der Waals surface area (Å²) in [6.07, 6.45) is 2.02. The van der Waals surface area contributed by atoms with Gasteiger partial charge in [0.05, 0.1) is 11.9 Å². The van der Waals surface area contributed by atoms with Crippen molar-refractivity contribution in [3.63, 3.8) is 0 Å². The third kappa shape index (κ3) is 3.00. The van der Waals surface area contributed by atoms with Crippen molar-refractivity contribution in [1.29, 1.82) is 0 Å². The molecule has 0 aliphatic rings. The molecule has 2 aromatic heterocycles. The van der Waals surface area contributed by atoms with Crippen LogP contribution in [0.4, 0.5) is 0 Å². The lowest BCUT2D eigenvalue weighted by atomic mass is 9.87. The lowest BCUT2D eigenvalue weighted by Gasteiger charge is -2.18. The van der Waals surface area contributed by atoms with E-state index >= 15 is 0 Å². The van der Waals surface area contributed by atoms with Crippen LogP contribution in [0.15, 0.2) is 72.9 Å². The van der Waals surface area contributed by atoms with Gasteiger partial charge in [0.25, 0.3) is 0 Å². The first-order valence-electron chi connectivity index (χ1n) is 9.44. The molecule has 0 aliphatic heterocycles. The molecule has 0 N–H and O–H groups in total. The zero-order valence-electron chi connectivity index (χ0n) is 16.2. The molecule has 0 saturated heterocycles. The normalized spacial score (nSPS) is 12.1. The van der Waals surface area contributed by atoms with E-state index in [1.54, 1.807) is 11.3 Å². The van der Waals surface area contributed by atoms with Crippen LogP contribution in [0.5, 0.6) is 0 Å². The molecule has 0 bridgehead atoms. The molecule has 0 saturated carbocycles. The molecule has 0 radical (unpaired) electrons. The minimum atomic E-state index is 0.157. The number of fused-ring (bicyclic) bond motifs is 2. The minimum absolute atomic E-state index is 0.157. The average Bonchev–Trinajstić information content (AvgIpc) is 3.26. The molecule has 0 amide bonds. The fourth-order valence-electron chi connectivity index (χ4n) is 3.42. The molecule has 3 aromatic carbocycles. The van der Waals surface area contributed by atoms with E-state index < -0.39 is 0 Å². The van der Waals surface area contributed by atoms with E-state index in [0.29, 0.717) is 0 Å². The van der Waals surface area contributed by atoms with Gasteiger partial charge in [0.1, 0.15) is 5.01 Å². The summed E-state index contributed by atoms with van der Waals surface area (Å²) in [7, 11) is 0. The SMILES string of the molecule is CC(C)(C)c1ccc(-c2nn3cc(-c4ccc5ccccc5c4)nc3s2)cc1. The van der Waals surface area contributed by atoms with Crippen molar-refractivity contribution in [3.8, 4) is 21.8 Å². The fourth-order valence-corrected chi connectivity index (χ4v) is 4.30. The summed E-state index contributed by atoms with van der Waals surface area (Å²) in [6.45, 7) is 6.69. The summed E-state index contributed by atoms with van der Waals surface area (Å²) in [5, 5.41) is 8.22. The highest BCUT2D eigenvalue weighted by molar-refractivity contribution is 7.19. The van der Waals surface area contributed by atoms with Crippen molar-refractivity contribution in [1.82, 2.24) is 14.6 Å². The van der Waals surface area contributed by atoms with Gasteiger partial charge in [-0.3, -0.25) is 0 Å². The summed E-state index contributed by atoms with van der Waals surface area (Å²) in [4.78, 5) is 5.73. The lowest BCUT2D eigenvalue weighted by Crippen LogP contribution is -2.10. The maximum absolute atomic E-state index is 4.81. The number of aromatic nitrogens is 3. The first-order chi connectivity index (χ1) is 13.5. The summed E-state index contributed by atoms with van der Waals surface area (Å²) >= 11 is 1.62. The van der Waals surface area contributed by atoms with Crippen LogP contribution in [-0.2, 0) is 5.41 Å². The highest BCUT2D eigenvalue weighted by Crippen LogP contribution is 2.31. The van der Waals surface area contributed by atoms with Gasteiger partial charge in [-0.1, -0.05) is 92.8 Å². The van der Waals surface area contributed by atoms with Crippen molar-refractivity contribution in [2.45, 2.75) is 26.2 Å². The number of benzene rings is 3. The minimum Gasteiger partial charge on any atom is -0.217 e. The Morgan fingerprint density at radius 1 is 0.821 bits per heavy atom. The molecule has 2 heterocycles. The zero-order chi connectivity index (χ0) is 19.3. The van der Waals surface area contributed by atoms with Gasteiger partial charge in [-0.25, -0.2) is 9.50 Å². The molecule has 3 nitrogen and oxygen atoms in total. The molecule has 5 aromatic rings. The zero-order valence-corrected chi connectivity index (χ0v) is 17.0. The number of imidazole rings is 1. The summed E-state index contributed by atoms with van der Waals surface area (Å²) in [5.41, 5.74) is 4.70. The molecule has 28 heavy (non-hydrogen) atoms. The molecule has 138 valence electrons. The quantitative estimate of drug-likeness (QED) is 0.345. The van der Waals surface area contributed by atoms with Gasteiger partial charge in [0, 0.05) is 11.1 Å². The standard InChI is InChI=1S/C24H21N3S/c1-24(2,3)20-12-10-17(11-13-20)22-26-27-15-21(25-23(27)28-22)19-9-8-16-6-4-5-7-18(16)14-19/h4-15H,1-3H3. The largest absolute Gasteiger partial charge is 0.217 e. The number of hydrogen-bond acceptors (Lipinski definition) is 3. The Bertz CT molecular complexity index is 1260. The average molecular weight is 384 g/mol. The second-order valence-corrected chi connectivity index (χ2v) is 9.11. The molecule has 0 atom stereocenters. The molecular formula is C24H21N3S. The molecule has 5 rings (SSSR count). The van der Waals surface area contributed by atoms with Crippen LogP contribution in [0, 0.1) is 0 Å². The molecule has 0 aliphatic carbocycles. The van der Waals surface area contributed by atoms with Crippen LogP contribution >= 0.6 is 11.3 Å². The predicted molar refractivity (Wildman–Crippen MR) is 118 cm³/mol. The van der Waals surface area contributed by atoms with Crippen LogP contribution in [0.3, 0.4) is 0 Å². The Kier molecular flexibility index (Phi) is 3.84. The van der Waals surface area contributed by atoms with E-state index in [2.05, 4.69) is 87.5 Å². The Morgan fingerprint density at radius 3 is 2.25 bits per heavy atom. The number of rotatable bonds is 2. The Hall–Kier alpha value is -2.98. The third-order valence-electron chi connectivity index (χ3n) is 5.09. The number of nitrogens with zero attached hydrogens (tertiary/aromatic N) is 3. The van der Waals surface area contributed by atoms with E-state index in [4.69, 9.17) is 10.1 Å². The van der Waals surface area contributed by atoms with Crippen molar-refractivity contribution >= 4 is 27.1 Å². The molecular weight excluding hydrogens is 362 g/mol. The molecule has 4 heteroatoms.